The predicted molar refractivity (Wildman–Crippen MR) is 150 cm³/mol. The first-order chi connectivity index (χ1) is 16.9. The van der Waals surface area contributed by atoms with Crippen molar-refractivity contribution in [3.63, 3.8) is 0 Å². The maximum absolute atomic E-state index is 13.3. The third kappa shape index (κ3) is 6.37. The number of thioether (sulfide) groups is 1. The van der Waals surface area contributed by atoms with Crippen LogP contribution in [0.3, 0.4) is 0 Å². The van der Waals surface area contributed by atoms with Gasteiger partial charge in [-0.15, -0.1) is 0 Å². The lowest BCUT2D eigenvalue weighted by molar-refractivity contribution is -0.122. The van der Waals surface area contributed by atoms with Gasteiger partial charge in [0.2, 0.25) is 0 Å². The van der Waals surface area contributed by atoms with Gasteiger partial charge in [-0.25, -0.2) is 0 Å². The Labute approximate surface area is 219 Å². The third-order valence-corrected chi connectivity index (χ3v) is 8.21. The van der Waals surface area contributed by atoms with E-state index in [4.69, 9.17) is 12.2 Å². The second kappa shape index (κ2) is 13.3. The summed E-state index contributed by atoms with van der Waals surface area (Å²) in [7, 11) is 0. The number of unbranched alkanes of at least 4 members (excludes halogenated alkanes) is 4. The van der Waals surface area contributed by atoms with Crippen molar-refractivity contribution in [1.82, 2.24) is 9.47 Å². The zero-order chi connectivity index (χ0) is 25.4. The minimum absolute atomic E-state index is 0.0662. The number of rotatable bonds is 10. The highest BCUT2D eigenvalue weighted by Crippen LogP contribution is 2.36. The van der Waals surface area contributed by atoms with Crippen molar-refractivity contribution in [3.05, 3.63) is 31.9 Å². The molecule has 35 heavy (non-hydrogen) atoms. The van der Waals surface area contributed by atoms with Crippen LogP contribution in [0.4, 0.5) is 5.82 Å². The van der Waals surface area contributed by atoms with Gasteiger partial charge in [0.15, 0.2) is 0 Å². The zero-order valence-corrected chi connectivity index (χ0v) is 23.0. The number of anilines is 1. The van der Waals surface area contributed by atoms with Crippen LogP contribution >= 0.6 is 24.0 Å². The van der Waals surface area contributed by atoms with Crippen molar-refractivity contribution < 1.29 is 4.79 Å². The van der Waals surface area contributed by atoms with Crippen LogP contribution in [0.5, 0.6) is 0 Å². The first kappa shape index (κ1) is 27.5. The lowest BCUT2D eigenvalue weighted by Gasteiger charge is -2.29. The first-order valence-corrected chi connectivity index (χ1v) is 14.3. The summed E-state index contributed by atoms with van der Waals surface area (Å²) < 4.78 is 2.35. The van der Waals surface area contributed by atoms with Crippen LogP contribution in [0.15, 0.2) is 9.70 Å². The maximum Gasteiger partial charge on any atom is 0.270 e. The minimum atomic E-state index is -0.233. The molecule has 3 rings (SSSR count). The summed E-state index contributed by atoms with van der Waals surface area (Å²) in [6.45, 7) is 8.98. The molecule has 1 aromatic heterocycles. The number of amides is 1. The van der Waals surface area contributed by atoms with Gasteiger partial charge in [0, 0.05) is 31.7 Å². The topological polar surface area (TPSA) is 69.3 Å². The molecule has 190 valence electrons. The number of nitriles is 1. The van der Waals surface area contributed by atoms with Crippen LogP contribution < -0.4 is 10.5 Å². The fraction of sp³-hybridized carbons (Fsp3) is 0.630. The molecular formula is C27H38N4O2S2. The molecule has 0 radical (unpaired) electrons. The van der Waals surface area contributed by atoms with E-state index in [-0.39, 0.29) is 17.0 Å². The van der Waals surface area contributed by atoms with Gasteiger partial charge in [-0.1, -0.05) is 76.4 Å². The van der Waals surface area contributed by atoms with E-state index in [1.807, 2.05) is 19.9 Å². The molecule has 0 spiro atoms. The van der Waals surface area contributed by atoms with Crippen LogP contribution in [-0.2, 0) is 11.3 Å². The van der Waals surface area contributed by atoms with Crippen LogP contribution in [-0.4, -0.2) is 39.3 Å². The van der Waals surface area contributed by atoms with Gasteiger partial charge >= 0.3 is 0 Å². The Balaban J connectivity index is 2.03. The summed E-state index contributed by atoms with van der Waals surface area (Å²) in [5.74, 6) is 0.781. The molecule has 0 aromatic carbocycles. The molecule has 2 saturated heterocycles. The average molecular weight is 515 g/mol. The Bertz CT molecular complexity index is 1060. The van der Waals surface area contributed by atoms with Crippen molar-refractivity contribution in [2.45, 2.75) is 91.5 Å². The Morgan fingerprint density at radius 2 is 1.69 bits per heavy atom. The summed E-state index contributed by atoms with van der Waals surface area (Å²) in [4.78, 5) is 31.2. The molecule has 0 bridgehead atoms. The van der Waals surface area contributed by atoms with E-state index in [1.54, 1.807) is 9.47 Å². The third-order valence-electron chi connectivity index (χ3n) is 6.83. The number of thiocarbonyl (C=S) groups is 1. The van der Waals surface area contributed by atoms with E-state index >= 15 is 0 Å². The molecule has 0 N–H and O–H groups in total. The molecule has 6 nitrogen and oxygen atoms in total. The van der Waals surface area contributed by atoms with Crippen molar-refractivity contribution >= 4 is 46.1 Å². The highest BCUT2D eigenvalue weighted by Gasteiger charge is 2.33. The number of carbonyl (C=O) groups is 1. The van der Waals surface area contributed by atoms with E-state index in [0.29, 0.717) is 27.9 Å². The highest BCUT2D eigenvalue weighted by atomic mass is 32.2. The lowest BCUT2D eigenvalue weighted by atomic mass is 10.0. The molecule has 1 aromatic rings. The smallest absolute Gasteiger partial charge is 0.270 e. The molecule has 0 atom stereocenters. The Morgan fingerprint density at radius 1 is 1.00 bits per heavy atom. The predicted octanol–water partition coefficient (Wildman–Crippen LogP) is 5.99. The van der Waals surface area contributed by atoms with Gasteiger partial charge in [-0.05, 0) is 44.2 Å². The first-order valence-electron chi connectivity index (χ1n) is 13.1. The molecule has 3 heterocycles. The van der Waals surface area contributed by atoms with Gasteiger partial charge in [-0.3, -0.25) is 19.1 Å². The van der Waals surface area contributed by atoms with Crippen LogP contribution in [0, 0.1) is 18.3 Å². The molecule has 8 heteroatoms. The molecule has 0 saturated carbocycles. The van der Waals surface area contributed by atoms with Crippen LogP contribution in [0.1, 0.15) is 94.7 Å². The maximum atomic E-state index is 13.3. The Morgan fingerprint density at radius 3 is 2.31 bits per heavy atom. The number of hydrogen-bond acceptors (Lipinski definition) is 6. The van der Waals surface area contributed by atoms with Crippen molar-refractivity contribution in [1.29, 1.82) is 5.26 Å². The van der Waals surface area contributed by atoms with E-state index in [2.05, 4.69) is 17.9 Å². The molecule has 0 unspecified atom stereocenters. The largest absolute Gasteiger partial charge is 0.357 e. The van der Waals surface area contributed by atoms with Crippen LogP contribution in [0.2, 0.25) is 0 Å². The number of pyridine rings is 1. The number of carbonyl (C=O) groups excluding carboxylic acids is 1. The highest BCUT2D eigenvalue weighted by molar-refractivity contribution is 8.26. The van der Waals surface area contributed by atoms with Crippen molar-refractivity contribution in [3.8, 4) is 6.07 Å². The Kier molecular flexibility index (Phi) is 10.4. The van der Waals surface area contributed by atoms with Gasteiger partial charge in [0.25, 0.3) is 11.5 Å². The second-order valence-electron chi connectivity index (χ2n) is 9.45. The fourth-order valence-corrected chi connectivity index (χ4v) is 6.19. The number of nitrogens with zero attached hydrogens (tertiary/aromatic N) is 4. The fourth-order valence-electron chi connectivity index (χ4n) is 4.90. The summed E-state index contributed by atoms with van der Waals surface area (Å²) in [6.07, 6.45) is 12.8. The van der Waals surface area contributed by atoms with E-state index < -0.39 is 0 Å². The van der Waals surface area contributed by atoms with Gasteiger partial charge in [-0.2, -0.15) is 5.26 Å². The molecule has 2 fully saturated rings. The number of hydrogen-bond donors (Lipinski definition) is 0. The van der Waals surface area contributed by atoms with Crippen molar-refractivity contribution in [2.24, 2.45) is 0 Å². The normalized spacial score (nSPS) is 17.8. The van der Waals surface area contributed by atoms with Crippen LogP contribution in [0.25, 0.3) is 6.08 Å². The molecule has 0 aliphatic carbocycles. The molecule has 2 aliphatic heterocycles. The standard InChI is InChI=1S/C27H38N4O2S2/c1-4-6-7-8-13-17-31-26(33)23(35-27(31)34)18-21-20(3)22(19-28)25(32)30(14-5-2)24(21)29-15-11-9-10-12-16-29/h18H,4-17H2,1-3H3/b23-18+. The summed E-state index contributed by atoms with van der Waals surface area (Å²) in [6, 6.07) is 2.13. The molecular weight excluding hydrogens is 476 g/mol. The Hall–Kier alpha value is -2.11. The van der Waals surface area contributed by atoms with Gasteiger partial charge in [0.1, 0.15) is 21.8 Å². The summed E-state index contributed by atoms with van der Waals surface area (Å²) >= 11 is 6.90. The monoisotopic (exact) mass is 514 g/mol. The minimum Gasteiger partial charge on any atom is -0.357 e. The molecule has 2 aliphatic rings. The van der Waals surface area contributed by atoms with E-state index in [1.165, 1.54) is 43.9 Å². The van der Waals surface area contributed by atoms with Crippen molar-refractivity contribution in [2.75, 3.05) is 24.5 Å². The summed E-state index contributed by atoms with van der Waals surface area (Å²) in [5.41, 5.74) is 1.38. The number of aromatic nitrogens is 1. The summed E-state index contributed by atoms with van der Waals surface area (Å²) in [5, 5.41) is 9.82. The zero-order valence-electron chi connectivity index (χ0n) is 21.4. The van der Waals surface area contributed by atoms with E-state index in [0.717, 1.165) is 56.6 Å². The SMILES string of the molecule is CCCCCCCN1C(=O)/C(=C\c2c(C)c(C#N)c(=O)n(CCC)c2N2CCCCCC2)SC1=S. The van der Waals surface area contributed by atoms with Gasteiger partial charge in [0.05, 0.1) is 4.91 Å². The second-order valence-corrected chi connectivity index (χ2v) is 11.1. The average Bonchev–Trinajstić information content (AvgIpc) is 3.01. The molecule has 1 amide bonds. The quantitative estimate of drug-likeness (QED) is 0.217. The van der Waals surface area contributed by atoms with E-state index in [9.17, 15) is 14.9 Å². The lowest BCUT2D eigenvalue weighted by Crippen LogP contribution is -2.35. The van der Waals surface area contributed by atoms with Gasteiger partial charge < -0.3 is 4.90 Å².